The highest BCUT2D eigenvalue weighted by atomic mass is 32.2. The minimum Gasteiger partial charge on any atom is -0.315 e. The minimum absolute atomic E-state index is 0.136. The summed E-state index contributed by atoms with van der Waals surface area (Å²) in [5, 5.41) is 3.38. The van der Waals surface area contributed by atoms with Crippen LogP contribution in [-0.2, 0) is 16.4 Å². The lowest BCUT2D eigenvalue weighted by Crippen LogP contribution is -2.39. The second kappa shape index (κ2) is 7.38. The first-order valence-electron chi connectivity index (χ1n) is 7.82. The summed E-state index contributed by atoms with van der Waals surface area (Å²) in [6, 6.07) is 7.92. The lowest BCUT2D eigenvalue weighted by Gasteiger charge is -2.26. The van der Waals surface area contributed by atoms with Gasteiger partial charge in [0, 0.05) is 12.1 Å². The number of hydrogen-bond donors (Lipinski definition) is 2. The highest BCUT2D eigenvalue weighted by Crippen LogP contribution is 2.21. The molecule has 0 spiro atoms. The Morgan fingerprint density at radius 3 is 2.38 bits per heavy atom. The number of sulfonamides is 1. The van der Waals surface area contributed by atoms with Gasteiger partial charge < -0.3 is 5.32 Å². The van der Waals surface area contributed by atoms with E-state index < -0.39 is 10.0 Å². The Morgan fingerprint density at radius 1 is 1.19 bits per heavy atom. The van der Waals surface area contributed by atoms with Gasteiger partial charge in [-0.15, -0.1) is 0 Å². The summed E-state index contributed by atoms with van der Waals surface area (Å²) in [6.07, 6.45) is 5.07. The first-order chi connectivity index (χ1) is 9.97. The summed E-state index contributed by atoms with van der Waals surface area (Å²) in [5.74, 6) is 0. The Balaban J connectivity index is 1.86. The third kappa shape index (κ3) is 5.09. The Labute approximate surface area is 128 Å². The van der Waals surface area contributed by atoms with Gasteiger partial charge in [0.1, 0.15) is 0 Å². The van der Waals surface area contributed by atoms with Crippen molar-refractivity contribution in [3.8, 4) is 0 Å². The van der Waals surface area contributed by atoms with Crippen LogP contribution in [0.15, 0.2) is 29.2 Å². The van der Waals surface area contributed by atoms with Crippen molar-refractivity contribution in [3.63, 3.8) is 0 Å². The largest absolute Gasteiger partial charge is 0.315 e. The standard InChI is InChI=1S/C16H26N2O2S/c1-13(2)17-12-4-5-14-8-10-16(11-9-14)21(19,20)18-15-6-3-7-15/h8-11,13,15,17-18H,3-7,12H2,1-2H3. The van der Waals surface area contributed by atoms with E-state index in [-0.39, 0.29) is 6.04 Å². The zero-order chi connectivity index (χ0) is 15.3. The molecule has 0 radical (unpaired) electrons. The molecule has 0 bridgehead atoms. The Bertz CT molecular complexity index is 534. The van der Waals surface area contributed by atoms with Crippen molar-refractivity contribution in [1.82, 2.24) is 10.0 Å². The molecule has 2 rings (SSSR count). The van der Waals surface area contributed by atoms with Gasteiger partial charge in [0.25, 0.3) is 0 Å². The highest BCUT2D eigenvalue weighted by Gasteiger charge is 2.24. The quantitative estimate of drug-likeness (QED) is 0.725. The molecular formula is C16H26N2O2S. The molecule has 5 heteroatoms. The molecule has 1 fully saturated rings. The summed E-state index contributed by atoms with van der Waals surface area (Å²) in [7, 11) is -3.34. The molecule has 2 N–H and O–H groups in total. The molecule has 0 heterocycles. The summed E-state index contributed by atoms with van der Waals surface area (Å²) in [4.78, 5) is 0.374. The lowest BCUT2D eigenvalue weighted by molar-refractivity contribution is 0.383. The third-order valence-corrected chi connectivity index (χ3v) is 5.39. The third-order valence-electron chi connectivity index (χ3n) is 3.86. The van der Waals surface area contributed by atoms with E-state index in [1.807, 2.05) is 12.1 Å². The van der Waals surface area contributed by atoms with Crippen LogP contribution in [0.4, 0.5) is 0 Å². The molecule has 1 aromatic carbocycles. The van der Waals surface area contributed by atoms with E-state index in [1.165, 1.54) is 5.56 Å². The van der Waals surface area contributed by atoms with E-state index in [0.717, 1.165) is 38.6 Å². The second-order valence-electron chi connectivity index (χ2n) is 6.11. The van der Waals surface area contributed by atoms with Gasteiger partial charge in [0.15, 0.2) is 0 Å². The van der Waals surface area contributed by atoms with E-state index in [0.29, 0.717) is 10.9 Å². The van der Waals surface area contributed by atoms with Gasteiger partial charge in [-0.05, 0) is 49.9 Å². The van der Waals surface area contributed by atoms with Crippen molar-refractivity contribution in [1.29, 1.82) is 0 Å². The average molecular weight is 310 g/mol. The Hall–Kier alpha value is -0.910. The maximum atomic E-state index is 12.2. The van der Waals surface area contributed by atoms with Crippen molar-refractivity contribution >= 4 is 10.0 Å². The average Bonchev–Trinajstić information content (AvgIpc) is 2.40. The first-order valence-corrected chi connectivity index (χ1v) is 9.30. The highest BCUT2D eigenvalue weighted by molar-refractivity contribution is 7.89. The Kier molecular flexibility index (Phi) is 5.79. The zero-order valence-corrected chi connectivity index (χ0v) is 13.7. The fourth-order valence-electron chi connectivity index (χ4n) is 2.33. The summed E-state index contributed by atoms with van der Waals surface area (Å²) in [6.45, 7) is 5.25. The first kappa shape index (κ1) is 16.5. The van der Waals surface area contributed by atoms with Crippen molar-refractivity contribution in [3.05, 3.63) is 29.8 Å². The van der Waals surface area contributed by atoms with Crippen molar-refractivity contribution < 1.29 is 8.42 Å². The molecule has 0 amide bonds. The zero-order valence-electron chi connectivity index (χ0n) is 12.9. The number of aryl methyl sites for hydroxylation is 1. The molecule has 1 aliphatic rings. The predicted octanol–water partition coefficient (Wildman–Crippen LogP) is 2.45. The van der Waals surface area contributed by atoms with Gasteiger partial charge in [0.2, 0.25) is 10.0 Å². The fourth-order valence-corrected chi connectivity index (χ4v) is 3.64. The fraction of sp³-hybridized carbons (Fsp3) is 0.625. The summed E-state index contributed by atoms with van der Waals surface area (Å²) in [5.41, 5.74) is 1.18. The van der Waals surface area contributed by atoms with Gasteiger partial charge >= 0.3 is 0 Å². The molecule has 0 unspecified atom stereocenters. The number of rotatable bonds is 8. The van der Waals surface area contributed by atoms with Crippen LogP contribution in [0.1, 0.15) is 45.1 Å². The molecule has 1 saturated carbocycles. The Morgan fingerprint density at radius 2 is 1.86 bits per heavy atom. The van der Waals surface area contributed by atoms with Gasteiger partial charge in [-0.25, -0.2) is 13.1 Å². The molecule has 1 aromatic rings. The van der Waals surface area contributed by atoms with Crippen LogP contribution in [0.5, 0.6) is 0 Å². The maximum Gasteiger partial charge on any atom is 0.240 e. The van der Waals surface area contributed by atoms with Gasteiger partial charge in [-0.2, -0.15) is 0 Å². The molecule has 0 aliphatic heterocycles. The van der Waals surface area contributed by atoms with Crippen molar-refractivity contribution in [2.75, 3.05) is 6.54 Å². The smallest absolute Gasteiger partial charge is 0.240 e. The number of nitrogens with one attached hydrogen (secondary N) is 2. The number of benzene rings is 1. The second-order valence-corrected chi connectivity index (χ2v) is 7.82. The van der Waals surface area contributed by atoms with Crippen LogP contribution >= 0.6 is 0 Å². The molecule has 21 heavy (non-hydrogen) atoms. The van der Waals surface area contributed by atoms with Crippen LogP contribution in [-0.4, -0.2) is 27.0 Å². The topological polar surface area (TPSA) is 58.2 Å². The monoisotopic (exact) mass is 310 g/mol. The SMILES string of the molecule is CC(C)NCCCc1ccc(S(=O)(=O)NC2CCC2)cc1. The molecule has 1 aliphatic carbocycles. The summed E-state index contributed by atoms with van der Waals surface area (Å²) >= 11 is 0. The van der Waals surface area contributed by atoms with Crippen LogP contribution in [0.2, 0.25) is 0 Å². The van der Waals surface area contributed by atoms with Crippen LogP contribution in [0.3, 0.4) is 0 Å². The minimum atomic E-state index is -3.34. The van der Waals surface area contributed by atoms with E-state index >= 15 is 0 Å². The molecule has 118 valence electrons. The van der Waals surface area contributed by atoms with E-state index in [4.69, 9.17) is 0 Å². The molecule has 0 atom stereocenters. The van der Waals surface area contributed by atoms with E-state index in [2.05, 4.69) is 23.9 Å². The normalized spacial score (nSPS) is 16.1. The van der Waals surface area contributed by atoms with Crippen LogP contribution in [0, 0.1) is 0 Å². The lowest BCUT2D eigenvalue weighted by atomic mass is 9.94. The van der Waals surface area contributed by atoms with Crippen LogP contribution in [0.25, 0.3) is 0 Å². The van der Waals surface area contributed by atoms with Crippen molar-refractivity contribution in [2.24, 2.45) is 0 Å². The van der Waals surface area contributed by atoms with Gasteiger partial charge in [-0.3, -0.25) is 0 Å². The number of hydrogen-bond acceptors (Lipinski definition) is 3. The van der Waals surface area contributed by atoms with Crippen molar-refractivity contribution in [2.45, 2.75) is 62.9 Å². The van der Waals surface area contributed by atoms with E-state index in [1.54, 1.807) is 12.1 Å². The summed E-state index contributed by atoms with van der Waals surface area (Å²) < 4.78 is 27.1. The molecular weight excluding hydrogens is 284 g/mol. The van der Waals surface area contributed by atoms with E-state index in [9.17, 15) is 8.42 Å². The maximum absolute atomic E-state index is 12.2. The molecule has 0 aromatic heterocycles. The predicted molar refractivity (Wildman–Crippen MR) is 85.9 cm³/mol. The van der Waals surface area contributed by atoms with Crippen LogP contribution < -0.4 is 10.0 Å². The van der Waals surface area contributed by atoms with Gasteiger partial charge in [-0.1, -0.05) is 32.4 Å². The molecule has 0 saturated heterocycles. The van der Waals surface area contributed by atoms with Gasteiger partial charge in [0.05, 0.1) is 4.90 Å². The molecule has 4 nitrogen and oxygen atoms in total.